The third-order valence-corrected chi connectivity index (χ3v) is 4.71. The van der Waals surface area contributed by atoms with Crippen molar-refractivity contribution in [1.29, 1.82) is 0 Å². The minimum Gasteiger partial charge on any atom is -0.444 e. The van der Waals surface area contributed by atoms with Crippen LogP contribution in [0.4, 0.5) is 4.79 Å². The Morgan fingerprint density at radius 3 is 2.54 bits per heavy atom. The molecule has 3 rings (SSSR count). The van der Waals surface area contributed by atoms with Crippen molar-refractivity contribution >= 4 is 12.0 Å². The van der Waals surface area contributed by atoms with E-state index in [0.717, 1.165) is 5.56 Å². The molecule has 0 radical (unpaired) electrons. The van der Waals surface area contributed by atoms with Gasteiger partial charge in [0.2, 0.25) is 5.91 Å². The van der Waals surface area contributed by atoms with Crippen molar-refractivity contribution in [1.82, 2.24) is 10.2 Å². The molecule has 0 saturated carbocycles. The number of piperidine rings is 1. The van der Waals surface area contributed by atoms with E-state index in [1.165, 1.54) is 11.8 Å². The van der Waals surface area contributed by atoms with Crippen LogP contribution in [0.5, 0.6) is 0 Å². The molecule has 0 spiro atoms. The molecule has 154 valence electrons. The van der Waals surface area contributed by atoms with Crippen molar-refractivity contribution in [2.45, 2.75) is 63.9 Å². The van der Waals surface area contributed by atoms with Crippen molar-refractivity contribution in [2.75, 3.05) is 13.2 Å². The Balaban J connectivity index is 1.83. The fraction of sp³-hybridized carbons (Fsp3) is 0.600. The number of amides is 2. The third kappa shape index (κ3) is 4.63. The highest BCUT2D eigenvalue weighted by molar-refractivity contribution is 5.74. The number of aliphatic hydroxyl groups excluding tert-OH is 1. The molecule has 28 heavy (non-hydrogen) atoms. The van der Waals surface area contributed by atoms with E-state index in [2.05, 4.69) is 5.32 Å². The summed E-state index contributed by atoms with van der Waals surface area (Å²) >= 11 is 0. The molecule has 0 aliphatic carbocycles. The van der Waals surface area contributed by atoms with Gasteiger partial charge in [0.1, 0.15) is 17.8 Å². The van der Waals surface area contributed by atoms with Crippen molar-refractivity contribution in [2.24, 2.45) is 0 Å². The predicted molar refractivity (Wildman–Crippen MR) is 100 cm³/mol. The van der Waals surface area contributed by atoms with Gasteiger partial charge in [-0.15, -0.1) is 0 Å². The number of ether oxygens (including phenoxy) is 3. The second kappa shape index (κ2) is 8.06. The molecule has 0 bridgehead atoms. The maximum absolute atomic E-state index is 12.8. The number of fused-ring (bicyclic) bond motifs is 1. The van der Waals surface area contributed by atoms with Gasteiger partial charge in [0.25, 0.3) is 0 Å². The highest BCUT2D eigenvalue weighted by Crippen LogP contribution is 2.34. The molecule has 2 saturated heterocycles. The summed E-state index contributed by atoms with van der Waals surface area (Å²) in [5.41, 5.74) is 0.147. The van der Waals surface area contributed by atoms with Crippen molar-refractivity contribution in [3.63, 3.8) is 0 Å². The number of carbonyl (C=O) groups is 2. The first kappa shape index (κ1) is 20.6. The first-order valence-electron chi connectivity index (χ1n) is 9.42. The average Bonchev–Trinajstić information content (AvgIpc) is 2.62. The molecule has 5 atom stereocenters. The summed E-state index contributed by atoms with van der Waals surface area (Å²) in [6, 6.07) is 8.20. The van der Waals surface area contributed by atoms with Crippen LogP contribution in [0.3, 0.4) is 0 Å². The molecule has 5 unspecified atom stereocenters. The average molecular weight is 392 g/mol. The fourth-order valence-corrected chi connectivity index (χ4v) is 3.52. The van der Waals surface area contributed by atoms with Crippen molar-refractivity contribution in [3.05, 3.63) is 35.9 Å². The van der Waals surface area contributed by atoms with E-state index < -0.39 is 42.3 Å². The molecule has 2 N–H and O–H groups in total. The number of aliphatic hydroxyl groups is 1. The van der Waals surface area contributed by atoms with Gasteiger partial charge >= 0.3 is 6.09 Å². The number of hydrogen-bond donors (Lipinski definition) is 2. The maximum Gasteiger partial charge on any atom is 0.410 e. The molecular weight excluding hydrogens is 364 g/mol. The van der Waals surface area contributed by atoms with Crippen LogP contribution in [0, 0.1) is 0 Å². The molecular formula is C20H28N2O6. The summed E-state index contributed by atoms with van der Waals surface area (Å²) in [6.45, 7) is 7.02. The zero-order chi connectivity index (χ0) is 20.5. The summed E-state index contributed by atoms with van der Waals surface area (Å²) in [5, 5.41) is 13.5. The summed E-state index contributed by atoms with van der Waals surface area (Å²) < 4.78 is 17.4. The highest BCUT2D eigenvalue weighted by Gasteiger charge is 2.50. The number of benzene rings is 1. The number of rotatable bonds is 2. The Morgan fingerprint density at radius 2 is 1.93 bits per heavy atom. The van der Waals surface area contributed by atoms with E-state index in [1.807, 2.05) is 30.3 Å². The zero-order valence-electron chi connectivity index (χ0n) is 16.6. The van der Waals surface area contributed by atoms with Gasteiger partial charge in [-0.25, -0.2) is 4.79 Å². The van der Waals surface area contributed by atoms with Gasteiger partial charge in [0.05, 0.1) is 18.7 Å². The first-order chi connectivity index (χ1) is 13.2. The van der Waals surface area contributed by atoms with Gasteiger partial charge in [-0.2, -0.15) is 0 Å². The summed E-state index contributed by atoms with van der Waals surface area (Å²) in [7, 11) is 0. The van der Waals surface area contributed by atoms with Crippen molar-refractivity contribution < 1.29 is 28.9 Å². The largest absolute Gasteiger partial charge is 0.444 e. The van der Waals surface area contributed by atoms with E-state index in [-0.39, 0.29) is 19.1 Å². The molecule has 8 nitrogen and oxygen atoms in total. The SMILES string of the molecule is CC(=O)NC1CN(C(=O)OC(C)(C)C)C2COC(c3ccccc3)OC2C1O. The highest BCUT2D eigenvalue weighted by atomic mass is 16.7. The second-order valence-corrected chi connectivity index (χ2v) is 8.17. The van der Waals surface area contributed by atoms with Gasteiger partial charge in [-0.05, 0) is 20.8 Å². The number of carbonyl (C=O) groups excluding carboxylic acids is 2. The maximum atomic E-state index is 12.8. The number of hydrogen-bond acceptors (Lipinski definition) is 6. The van der Waals surface area contributed by atoms with Crippen LogP contribution < -0.4 is 5.32 Å². The minimum atomic E-state index is -0.984. The van der Waals surface area contributed by atoms with E-state index >= 15 is 0 Å². The Labute approximate surface area is 164 Å². The fourth-order valence-electron chi connectivity index (χ4n) is 3.52. The second-order valence-electron chi connectivity index (χ2n) is 8.17. The van der Waals surface area contributed by atoms with Crippen LogP contribution in [0.15, 0.2) is 30.3 Å². The minimum absolute atomic E-state index is 0.111. The van der Waals surface area contributed by atoms with E-state index in [9.17, 15) is 14.7 Å². The van der Waals surface area contributed by atoms with Gasteiger partial charge in [0.15, 0.2) is 6.29 Å². The summed E-state index contributed by atoms with van der Waals surface area (Å²) in [6.07, 6.45) is -2.90. The summed E-state index contributed by atoms with van der Waals surface area (Å²) in [5.74, 6) is -0.293. The first-order valence-corrected chi connectivity index (χ1v) is 9.42. The van der Waals surface area contributed by atoms with Gasteiger partial charge in [0, 0.05) is 19.0 Å². The van der Waals surface area contributed by atoms with Crippen LogP contribution in [-0.4, -0.2) is 65.1 Å². The number of nitrogens with one attached hydrogen (secondary N) is 1. The molecule has 2 aliphatic heterocycles. The zero-order valence-corrected chi connectivity index (χ0v) is 16.6. The number of likely N-dealkylation sites (tertiary alicyclic amines) is 1. The molecule has 0 aromatic heterocycles. The standard InChI is InChI=1S/C20H28N2O6/c1-12(23)21-14-10-22(19(25)28-20(2,3)4)15-11-26-18(27-17(15)16(14)24)13-8-6-5-7-9-13/h5-9,14-18,24H,10-11H2,1-4H3,(H,21,23). The van der Waals surface area contributed by atoms with Crippen LogP contribution in [-0.2, 0) is 19.0 Å². The van der Waals surface area contributed by atoms with Crippen molar-refractivity contribution in [3.8, 4) is 0 Å². The summed E-state index contributed by atoms with van der Waals surface area (Å²) in [4.78, 5) is 25.8. The lowest BCUT2D eigenvalue weighted by molar-refractivity contribution is -0.274. The molecule has 1 aromatic carbocycles. The smallest absolute Gasteiger partial charge is 0.410 e. The van der Waals surface area contributed by atoms with Crippen LogP contribution in [0.2, 0.25) is 0 Å². The van der Waals surface area contributed by atoms with Crippen LogP contribution in [0.1, 0.15) is 39.5 Å². The normalized spacial score (nSPS) is 30.3. The van der Waals surface area contributed by atoms with E-state index in [4.69, 9.17) is 14.2 Å². The topological polar surface area (TPSA) is 97.3 Å². The Kier molecular flexibility index (Phi) is 5.92. The van der Waals surface area contributed by atoms with E-state index in [0.29, 0.717) is 0 Å². The molecule has 2 heterocycles. The van der Waals surface area contributed by atoms with Gasteiger partial charge < -0.3 is 24.6 Å². The lowest BCUT2D eigenvalue weighted by Crippen LogP contribution is -2.70. The van der Waals surface area contributed by atoms with Gasteiger partial charge in [-0.1, -0.05) is 30.3 Å². The lowest BCUT2D eigenvalue weighted by atomic mass is 9.91. The third-order valence-electron chi connectivity index (χ3n) is 4.71. The van der Waals surface area contributed by atoms with Crippen LogP contribution >= 0.6 is 0 Å². The van der Waals surface area contributed by atoms with E-state index in [1.54, 1.807) is 20.8 Å². The quantitative estimate of drug-likeness (QED) is 0.793. The Bertz CT molecular complexity index is 704. The van der Waals surface area contributed by atoms with Gasteiger partial charge in [-0.3, -0.25) is 9.69 Å². The Hall–Kier alpha value is -2.16. The number of nitrogens with zero attached hydrogens (tertiary/aromatic N) is 1. The molecule has 8 heteroatoms. The lowest BCUT2D eigenvalue weighted by Gasteiger charge is -2.50. The van der Waals surface area contributed by atoms with Crippen LogP contribution in [0.25, 0.3) is 0 Å². The molecule has 2 aliphatic rings. The molecule has 2 fully saturated rings. The predicted octanol–water partition coefficient (Wildman–Crippen LogP) is 1.59. The molecule has 2 amide bonds. The molecule has 1 aromatic rings. The Morgan fingerprint density at radius 1 is 1.25 bits per heavy atom. The monoisotopic (exact) mass is 392 g/mol.